The summed E-state index contributed by atoms with van der Waals surface area (Å²) in [5.74, 6) is -0.961. The summed E-state index contributed by atoms with van der Waals surface area (Å²) in [6.07, 6.45) is 3.17. The smallest absolute Gasteiger partial charge is 0.221 e. The van der Waals surface area contributed by atoms with Crippen LogP contribution >= 0.6 is 0 Å². The van der Waals surface area contributed by atoms with Gasteiger partial charge in [0.2, 0.25) is 12.4 Å². The predicted molar refractivity (Wildman–Crippen MR) is 36.9 cm³/mol. The molecule has 0 atom stereocenters. The van der Waals surface area contributed by atoms with E-state index in [2.05, 4.69) is 19.6 Å². The maximum Gasteiger partial charge on any atom is 0.221 e. The molecule has 2 heterocycles. The number of nitrogens with zero attached hydrogens (tertiary/aromatic N) is 4. The van der Waals surface area contributed by atoms with Crippen LogP contribution in [-0.4, -0.2) is 10.5 Å². The van der Waals surface area contributed by atoms with Crippen molar-refractivity contribution in [2.24, 2.45) is 0 Å². The summed E-state index contributed by atoms with van der Waals surface area (Å²) >= 11 is 0. The van der Waals surface area contributed by atoms with Crippen molar-refractivity contribution in [1.29, 1.82) is 0 Å². The molecular weight excluding hydrogens is 204 g/mol. The molecule has 2 rings (SSSR count). The predicted octanol–water partition coefficient (Wildman–Crippen LogP) is -2.52. The third kappa shape index (κ3) is 2.42. The first-order valence-electron chi connectivity index (χ1n) is 4.31. The molecule has 0 saturated carbocycles. The van der Waals surface area contributed by atoms with Gasteiger partial charge in [0.15, 0.2) is 13.1 Å². The third-order valence-electron chi connectivity index (χ3n) is 1.75. The first kappa shape index (κ1) is 9.44. The van der Waals surface area contributed by atoms with E-state index in [4.69, 9.17) is 0 Å². The molecule has 8 nitrogen and oxygen atoms in total. The molecule has 0 N–H and O–H groups in total. The van der Waals surface area contributed by atoms with E-state index in [0.717, 1.165) is 0 Å². The molecule has 0 aromatic carbocycles. The molecule has 0 spiro atoms. The fraction of sp³-hybridized carbons (Fsp3) is 0.429. The van der Waals surface area contributed by atoms with Crippen LogP contribution < -0.4 is 19.6 Å². The van der Waals surface area contributed by atoms with Crippen molar-refractivity contribution in [3.8, 4) is 11.9 Å². The van der Waals surface area contributed by atoms with Crippen molar-refractivity contribution >= 4 is 0 Å². The summed E-state index contributed by atoms with van der Waals surface area (Å²) in [6, 6.07) is 0. The summed E-state index contributed by atoms with van der Waals surface area (Å²) in [5.41, 5.74) is 0. The van der Waals surface area contributed by atoms with Crippen LogP contribution in [0.1, 0.15) is 6.42 Å². The van der Waals surface area contributed by atoms with Crippen molar-refractivity contribution in [2.45, 2.75) is 19.5 Å². The number of hydrogen-bond donors (Lipinski definition) is 0. The highest BCUT2D eigenvalue weighted by Crippen LogP contribution is 1.94. The quantitative estimate of drug-likeness (QED) is 0.517. The van der Waals surface area contributed by atoms with E-state index < -0.39 is 11.9 Å². The zero-order valence-corrected chi connectivity index (χ0v) is 7.70. The molecule has 0 aliphatic rings. The van der Waals surface area contributed by atoms with E-state index in [9.17, 15) is 10.2 Å². The third-order valence-corrected chi connectivity index (χ3v) is 1.75. The van der Waals surface area contributed by atoms with Gasteiger partial charge in [0, 0.05) is 0 Å². The van der Waals surface area contributed by atoms with Crippen LogP contribution in [0, 0.1) is 0 Å². The van der Waals surface area contributed by atoms with E-state index in [1.54, 1.807) is 0 Å². The Kier molecular flexibility index (Phi) is 2.48. The van der Waals surface area contributed by atoms with Crippen molar-refractivity contribution in [2.75, 3.05) is 0 Å². The summed E-state index contributed by atoms with van der Waals surface area (Å²) in [6.45, 7) is 1.03. The summed E-state index contributed by atoms with van der Waals surface area (Å²) in [5, 5.41) is 28.1. The van der Waals surface area contributed by atoms with Gasteiger partial charge in [0.1, 0.15) is 11.9 Å². The molecule has 8 heteroatoms. The van der Waals surface area contributed by atoms with Gasteiger partial charge in [-0.2, -0.15) is 0 Å². The zero-order chi connectivity index (χ0) is 10.7. The topological polar surface area (TPSA) is 106 Å². The molecule has 0 saturated heterocycles. The van der Waals surface area contributed by atoms with Gasteiger partial charge < -0.3 is 19.3 Å². The first-order chi connectivity index (χ1) is 7.24. The number of rotatable bonds is 4. The van der Waals surface area contributed by atoms with Gasteiger partial charge in [0.05, 0.1) is 17.0 Å². The summed E-state index contributed by atoms with van der Waals surface area (Å²) < 4.78 is 11.5. The Labute approximate surface area is 83.9 Å². The Morgan fingerprint density at radius 3 is 1.80 bits per heavy atom. The van der Waals surface area contributed by atoms with Crippen molar-refractivity contribution < 1.29 is 28.6 Å². The SMILES string of the molecule is [O-]c1c[n+](CCC[n+]2cc([O-])on2)no1. The second kappa shape index (κ2) is 3.95. The Bertz CT molecular complexity index is 397. The molecule has 0 unspecified atom stereocenters. The minimum atomic E-state index is -0.481. The maximum absolute atomic E-state index is 10.6. The lowest BCUT2D eigenvalue weighted by atomic mass is 10.4. The first-order valence-corrected chi connectivity index (χ1v) is 4.31. The molecule has 15 heavy (non-hydrogen) atoms. The highest BCUT2D eigenvalue weighted by molar-refractivity contribution is 4.80. The van der Waals surface area contributed by atoms with Crippen LogP contribution in [-0.2, 0) is 13.1 Å². The van der Waals surface area contributed by atoms with E-state index in [0.29, 0.717) is 19.5 Å². The molecule has 0 amide bonds. The fourth-order valence-corrected chi connectivity index (χ4v) is 1.13. The van der Waals surface area contributed by atoms with E-state index >= 15 is 0 Å². The molecular formula is C7H8N4O4. The standard InChI is InChI=1S/C7H8N4O4/c12-6-4-10(8-14-6)2-1-3-11-5-7(13)15-9-11/h4-5H,1-3H2. The normalized spacial score (nSPS) is 10.7. The van der Waals surface area contributed by atoms with Crippen LogP contribution in [0.4, 0.5) is 0 Å². The average Bonchev–Trinajstić information content (AvgIpc) is 2.76. The van der Waals surface area contributed by atoms with Crippen molar-refractivity contribution in [3.63, 3.8) is 0 Å². The molecule has 0 aliphatic heterocycles. The van der Waals surface area contributed by atoms with Crippen LogP contribution in [0.2, 0.25) is 0 Å². The molecule has 80 valence electrons. The van der Waals surface area contributed by atoms with E-state index in [1.807, 2.05) is 0 Å². The monoisotopic (exact) mass is 212 g/mol. The maximum atomic E-state index is 10.6. The molecule has 2 aromatic rings. The number of aromatic nitrogens is 4. The Hall–Kier alpha value is -2.12. The van der Waals surface area contributed by atoms with Gasteiger partial charge in [-0.15, -0.1) is 0 Å². The van der Waals surface area contributed by atoms with Crippen LogP contribution in [0.25, 0.3) is 0 Å². The lowest BCUT2D eigenvalue weighted by molar-refractivity contribution is -0.789. The van der Waals surface area contributed by atoms with Gasteiger partial charge in [-0.3, -0.25) is 0 Å². The van der Waals surface area contributed by atoms with Crippen LogP contribution in [0.3, 0.4) is 0 Å². The Morgan fingerprint density at radius 1 is 1.00 bits per heavy atom. The lowest BCUT2D eigenvalue weighted by Gasteiger charge is -1.86. The van der Waals surface area contributed by atoms with E-state index in [1.165, 1.54) is 21.8 Å². The van der Waals surface area contributed by atoms with Gasteiger partial charge in [0.25, 0.3) is 0 Å². The lowest BCUT2D eigenvalue weighted by Crippen LogP contribution is -2.40. The van der Waals surface area contributed by atoms with Crippen LogP contribution in [0.15, 0.2) is 21.4 Å². The van der Waals surface area contributed by atoms with Crippen molar-refractivity contribution in [3.05, 3.63) is 12.4 Å². The van der Waals surface area contributed by atoms with Crippen molar-refractivity contribution in [1.82, 2.24) is 10.5 Å². The summed E-state index contributed by atoms with van der Waals surface area (Å²) in [4.78, 5) is 0. The molecule has 0 bridgehead atoms. The summed E-state index contributed by atoms with van der Waals surface area (Å²) in [7, 11) is 0. The number of hydrogen-bond acceptors (Lipinski definition) is 6. The van der Waals surface area contributed by atoms with Gasteiger partial charge in [-0.25, -0.2) is 0 Å². The zero-order valence-electron chi connectivity index (χ0n) is 7.70. The second-order valence-corrected chi connectivity index (χ2v) is 2.92. The minimum Gasteiger partial charge on any atom is -0.539 e. The largest absolute Gasteiger partial charge is 0.539 e. The van der Waals surface area contributed by atoms with Gasteiger partial charge in [-0.1, -0.05) is 9.36 Å². The van der Waals surface area contributed by atoms with E-state index in [-0.39, 0.29) is 0 Å². The molecule has 2 aromatic heterocycles. The minimum absolute atomic E-state index is 0.481. The second-order valence-electron chi connectivity index (χ2n) is 2.92. The Balaban J connectivity index is 1.80. The average molecular weight is 212 g/mol. The molecule has 0 radical (unpaired) electrons. The van der Waals surface area contributed by atoms with Gasteiger partial charge in [-0.05, 0) is 0 Å². The molecule has 0 fully saturated rings. The fourth-order valence-electron chi connectivity index (χ4n) is 1.13. The number of aryl methyl sites for hydroxylation is 2. The highest BCUT2D eigenvalue weighted by atomic mass is 16.6. The highest BCUT2D eigenvalue weighted by Gasteiger charge is 2.08. The van der Waals surface area contributed by atoms with Gasteiger partial charge >= 0.3 is 0 Å². The van der Waals surface area contributed by atoms with Crippen LogP contribution in [0.5, 0.6) is 11.9 Å². The molecule has 0 aliphatic carbocycles. The Morgan fingerprint density at radius 2 is 1.47 bits per heavy atom.